The first-order chi connectivity index (χ1) is 13.2. The Morgan fingerprint density at radius 3 is 2.59 bits per heavy atom. The number of hydrogen-bond acceptors (Lipinski definition) is 5. The second-order valence-electron chi connectivity index (χ2n) is 7.79. The van der Waals surface area contributed by atoms with E-state index in [-0.39, 0.29) is 17.7 Å². The minimum Gasteiger partial charge on any atom is -0.345 e. The van der Waals surface area contributed by atoms with Crippen LogP contribution in [-0.4, -0.2) is 65.4 Å². The van der Waals surface area contributed by atoms with Gasteiger partial charge in [-0.15, -0.1) is 0 Å². The van der Waals surface area contributed by atoms with Crippen molar-refractivity contribution in [3.63, 3.8) is 0 Å². The van der Waals surface area contributed by atoms with E-state index in [4.69, 9.17) is 4.98 Å². The van der Waals surface area contributed by atoms with E-state index in [2.05, 4.69) is 11.0 Å². The average molecular weight is 385 g/mol. The van der Waals surface area contributed by atoms with Gasteiger partial charge in [0.05, 0.1) is 16.1 Å². The summed E-state index contributed by atoms with van der Waals surface area (Å²) in [5.74, 6) is 0.455. The van der Waals surface area contributed by atoms with Gasteiger partial charge in [0.15, 0.2) is 5.13 Å². The molecule has 7 heteroatoms. The fourth-order valence-electron chi connectivity index (χ4n) is 4.18. The zero-order valence-corrected chi connectivity index (χ0v) is 16.2. The van der Waals surface area contributed by atoms with Crippen molar-refractivity contribution in [1.29, 1.82) is 0 Å². The van der Waals surface area contributed by atoms with Gasteiger partial charge < -0.3 is 14.7 Å². The molecule has 142 valence electrons. The van der Waals surface area contributed by atoms with Gasteiger partial charge in [0.1, 0.15) is 0 Å². The van der Waals surface area contributed by atoms with Crippen LogP contribution >= 0.6 is 11.3 Å². The number of piperidine rings is 1. The van der Waals surface area contributed by atoms with Crippen LogP contribution in [0, 0.1) is 5.92 Å². The third kappa shape index (κ3) is 3.29. The van der Waals surface area contributed by atoms with E-state index in [0.29, 0.717) is 25.4 Å². The SMILES string of the molecule is O=C(C1CCC(=O)N(C2CC2)C1)N1CCN(c2nc3ccccc3s2)CC1. The minimum atomic E-state index is -0.0164. The number of aromatic nitrogens is 1. The molecule has 0 N–H and O–H groups in total. The number of carbonyl (C=O) groups is 2. The molecule has 3 fully saturated rings. The van der Waals surface area contributed by atoms with Crippen molar-refractivity contribution >= 4 is 38.5 Å². The Labute approximate surface area is 162 Å². The number of para-hydroxylation sites is 1. The lowest BCUT2D eigenvalue weighted by atomic mass is 9.95. The summed E-state index contributed by atoms with van der Waals surface area (Å²) in [5.41, 5.74) is 1.04. The first-order valence-corrected chi connectivity index (χ1v) is 10.7. The fraction of sp³-hybridized carbons (Fsp3) is 0.550. The molecule has 1 aromatic carbocycles. The van der Waals surface area contributed by atoms with Gasteiger partial charge in [-0.1, -0.05) is 23.5 Å². The van der Waals surface area contributed by atoms with Crippen molar-refractivity contribution in [3.8, 4) is 0 Å². The third-order valence-electron chi connectivity index (χ3n) is 5.93. The number of nitrogens with zero attached hydrogens (tertiary/aromatic N) is 4. The Morgan fingerprint density at radius 2 is 1.85 bits per heavy atom. The lowest BCUT2D eigenvalue weighted by Gasteiger charge is -2.39. The number of amides is 2. The largest absolute Gasteiger partial charge is 0.345 e. The molecule has 3 aliphatic rings. The molecule has 6 nitrogen and oxygen atoms in total. The lowest BCUT2D eigenvalue weighted by Crippen LogP contribution is -2.53. The molecule has 1 saturated carbocycles. The molecule has 1 atom stereocenters. The predicted molar refractivity (Wildman–Crippen MR) is 106 cm³/mol. The Bertz CT molecular complexity index is 837. The quantitative estimate of drug-likeness (QED) is 0.815. The average Bonchev–Trinajstić information content (AvgIpc) is 3.45. The molecule has 2 saturated heterocycles. The molecule has 1 aliphatic carbocycles. The van der Waals surface area contributed by atoms with Gasteiger partial charge in [-0.2, -0.15) is 0 Å². The minimum absolute atomic E-state index is 0.0164. The van der Waals surface area contributed by atoms with Crippen molar-refractivity contribution < 1.29 is 9.59 Å². The van der Waals surface area contributed by atoms with Gasteiger partial charge in [-0.05, 0) is 31.4 Å². The van der Waals surface area contributed by atoms with Crippen LogP contribution in [0.15, 0.2) is 24.3 Å². The molecule has 27 heavy (non-hydrogen) atoms. The van der Waals surface area contributed by atoms with Crippen LogP contribution < -0.4 is 4.90 Å². The number of hydrogen-bond donors (Lipinski definition) is 0. The number of rotatable bonds is 3. The van der Waals surface area contributed by atoms with Crippen LogP contribution in [0.4, 0.5) is 5.13 Å². The van der Waals surface area contributed by atoms with E-state index in [9.17, 15) is 9.59 Å². The molecule has 0 bridgehead atoms. The maximum absolute atomic E-state index is 13.0. The molecule has 5 rings (SSSR count). The number of benzene rings is 1. The summed E-state index contributed by atoms with van der Waals surface area (Å²) in [6.07, 6.45) is 3.44. The summed E-state index contributed by atoms with van der Waals surface area (Å²) < 4.78 is 1.21. The summed E-state index contributed by atoms with van der Waals surface area (Å²) in [6, 6.07) is 8.62. The molecule has 2 aromatic rings. The van der Waals surface area contributed by atoms with Crippen LogP contribution in [0.2, 0.25) is 0 Å². The highest BCUT2D eigenvalue weighted by Crippen LogP contribution is 2.33. The second kappa shape index (κ2) is 6.78. The van der Waals surface area contributed by atoms with Crippen LogP contribution in [-0.2, 0) is 9.59 Å². The van der Waals surface area contributed by atoms with Crippen molar-refractivity contribution in [1.82, 2.24) is 14.8 Å². The zero-order valence-electron chi connectivity index (χ0n) is 15.3. The van der Waals surface area contributed by atoms with Crippen LogP contribution in [0.25, 0.3) is 10.2 Å². The maximum Gasteiger partial charge on any atom is 0.227 e. The topological polar surface area (TPSA) is 56.8 Å². The van der Waals surface area contributed by atoms with E-state index in [0.717, 1.165) is 49.7 Å². The Balaban J connectivity index is 1.21. The summed E-state index contributed by atoms with van der Waals surface area (Å²) in [7, 11) is 0. The molecule has 2 aliphatic heterocycles. The van der Waals surface area contributed by atoms with Gasteiger partial charge in [-0.25, -0.2) is 4.98 Å². The number of piperazine rings is 1. The first kappa shape index (κ1) is 17.0. The lowest BCUT2D eigenvalue weighted by molar-refractivity contribution is -0.143. The molecular formula is C20H24N4O2S. The standard InChI is InChI=1S/C20H24N4O2S/c25-18-8-5-14(13-24(18)15-6-7-15)19(26)22-9-11-23(12-10-22)20-21-16-3-1-2-4-17(16)27-20/h1-4,14-15H,5-13H2. The van der Waals surface area contributed by atoms with Gasteiger partial charge >= 0.3 is 0 Å². The van der Waals surface area contributed by atoms with Gasteiger partial charge in [0.2, 0.25) is 11.8 Å². The number of anilines is 1. The van der Waals surface area contributed by atoms with E-state index >= 15 is 0 Å². The number of fused-ring (bicyclic) bond motifs is 1. The van der Waals surface area contributed by atoms with E-state index < -0.39 is 0 Å². The highest BCUT2D eigenvalue weighted by Gasteiger charge is 2.40. The monoisotopic (exact) mass is 384 g/mol. The predicted octanol–water partition coefficient (Wildman–Crippen LogP) is 2.35. The Hall–Kier alpha value is -2.15. The van der Waals surface area contributed by atoms with Gasteiger partial charge in [0.25, 0.3) is 0 Å². The van der Waals surface area contributed by atoms with E-state index in [1.54, 1.807) is 11.3 Å². The normalized spacial score (nSPS) is 23.9. The van der Waals surface area contributed by atoms with Crippen molar-refractivity contribution in [2.75, 3.05) is 37.6 Å². The van der Waals surface area contributed by atoms with Gasteiger partial charge in [0, 0.05) is 45.2 Å². The summed E-state index contributed by atoms with van der Waals surface area (Å²) >= 11 is 1.72. The third-order valence-corrected chi connectivity index (χ3v) is 7.02. The smallest absolute Gasteiger partial charge is 0.227 e. The highest BCUT2D eigenvalue weighted by atomic mass is 32.1. The summed E-state index contributed by atoms with van der Waals surface area (Å²) in [6.45, 7) is 3.75. The van der Waals surface area contributed by atoms with Crippen molar-refractivity contribution in [3.05, 3.63) is 24.3 Å². The summed E-state index contributed by atoms with van der Waals surface area (Å²) in [5, 5.41) is 1.05. The summed E-state index contributed by atoms with van der Waals surface area (Å²) in [4.78, 5) is 36.1. The first-order valence-electron chi connectivity index (χ1n) is 9.88. The molecule has 3 heterocycles. The zero-order chi connectivity index (χ0) is 18.4. The molecule has 1 aromatic heterocycles. The van der Waals surface area contributed by atoms with Crippen molar-refractivity contribution in [2.45, 2.75) is 31.7 Å². The van der Waals surface area contributed by atoms with Gasteiger partial charge in [-0.3, -0.25) is 9.59 Å². The Kier molecular flexibility index (Phi) is 4.27. The van der Waals surface area contributed by atoms with Crippen LogP contribution in [0.3, 0.4) is 0 Å². The van der Waals surface area contributed by atoms with E-state index in [1.807, 2.05) is 28.0 Å². The number of thiazole rings is 1. The molecule has 0 spiro atoms. The van der Waals surface area contributed by atoms with Crippen LogP contribution in [0.1, 0.15) is 25.7 Å². The van der Waals surface area contributed by atoms with Crippen LogP contribution in [0.5, 0.6) is 0 Å². The maximum atomic E-state index is 13.0. The van der Waals surface area contributed by atoms with E-state index in [1.165, 1.54) is 4.70 Å². The second-order valence-corrected chi connectivity index (χ2v) is 8.80. The molecular weight excluding hydrogens is 360 g/mol. The molecule has 2 amide bonds. The van der Waals surface area contributed by atoms with Crippen molar-refractivity contribution in [2.24, 2.45) is 5.92 Å². The number of likely N-dealkylation sites (tertiary alicyclic amines) is 1. The molecule has 0 radical (unpaired) electrons. The Morgan fingerprint density at radius 1 is 1.07 bits per heavy atom. The molecule has 1 unspecified atom stereocenters. The number of carbonyl (C=O) groups excluding carboxylic acids is 2. The fourth-order valence-corrected chi connectivity index (χ4v) is 5.20. The highest BCUT2D eigenvalue weighted by molar-refractivity contribution is 7.22.